The molecule has 0 aliphatic heterocycles. The van der Waals surface area contributed by atoms with E-state index in [9.17, 15) is 9.59 Å². The van der Waals surface area contributed by atoms with Gasteiger partial charge in [0.15, 0.2) is 0 Å². The van der Waals surface area contributed by atoms with Crippen molar-refractivity contribution in [3.05, 3.63) is 23.3 Å². The first-order valence-electron chi connectivity index (χ1n) is 6.13. The van der Waals surface area contributed by atoms with Crippen molar-refractivity contribution in [1.82, 2.24) is 0 Å². The van der Waals surface area contributed by atoms with E-state index in [1.54, 1.807) is 13.0 Å². The van der Waals surface area contributed by atoms with Crippen molar-refractivity contribution in [3.8, 4) is 0 Å². The topological polar surface area (TPSA) is 34.1 Å². The third kappa shape index (κ3) is 3.44. The van der Waals surface area contributed by atoms with Gasteiger partial charge in [-0.25, -0.2) is 0 Å². The lowest BCUT2D eigenvalue weighted by Gasteiger charge is -2.10. The van der Waals surface area contributed by atoms with Crippen molar-refractivity contribution < 1.29 is 9.59 Å². The predicted octanol–water partition coefficient (Wildman–Crippen LogP) is 3.37. The van der Waals surface area contributed by atoms with Gasteiger partial charge in [-0.1, -0.05) is 38.7 Å². The number of hydrogen-bond donors (Lipinski definition) is 0. The normalized spacial score (nSPS) is 16.1. The van der Waals surface area contributed by atoms with Gasteiger partial charge in [0.2, 0.25) is 11.6 Å². The number of carbonyl (C=O) groups excluding carboxylic acids is 2. The smallest absolute Gasteiger partial charge is 0.228 e. The van der Waals surface area contributed by atoms with Gasteiger partial charge in [-0.15, -0.1) is 0 Å². The zero-order chi connectivity index (χ0) is 12.0. The Kier molecular flexibility index (Phi) is 5.17. The summed E-state index contributed by atoms with van der Waals surface area (Å²) in [5.74, 6) is -0.710. The minimum Gasteiger partial charge on any atom is -0.286 e. The molecule has 16 heavy (non-hydrogen) atoms. The molecule has 0 N–H and O–H groups in total. The van der Waals surface area contributed by atoms with E-state index in [2.05, 4.69) is 6.92 Å². The van der Waals surface area contributed by atoms with Gasteiger partial charge in [-0.3, -0.25) is 9.59 Å². The summed E-state index contributed by atoms with van der Waals surface area (Å²) in [6, 6.07) is 0. The predicted molar refractivity (Wildman–Crippen MR) is 65.2 cm³/mol. The molecule has 0 bridgehead atoms. The first-order valence-corrected chi connectivity index (χ1v) is 6.13. The summed E-state index contributed by atoms with van der Waals surface area (Å²) < 4.78 is 0. The van der Waals surface area contributed by atoms with Crippen molar-refractivity contribution >= 4 is 11.6 Å². The molecule has 0 atom stereocenters. The summed E-state index contributed by atoms with van der Waals surface area (Å²) in [5, 5.41) is 0. The lowest BCUT2D eigenvalue weighted by molar-refractivity contribution is -0.131. The molecule has 0 saturated carbocycles. The molecule has 2 heteroatoms. The van der Waals surface area contributed by atoms with Crippen LogP contribution in [0.3, 0.4) is 0 Å². The maximum atomic E-state index is 11.4. The van der Waals surface area contributed by atoms with Crippen LogP contribution >= 0.6 is 0 Å². The Hall–Kier alpha value is -1.18. The van der Waals surface area contributed by atoms with E-state index in [1.165, 1.54) is 31.8 Å². The van der Waals surface area contributed by atoms with Crippen LogP contribution in [0.5, 0.6) is 0 Å². The Morgan fingerprint density at radius 2 is 1.69 bits per heavy atom. The number of carbonyl (C=O) groups is 2. The monoisotopic (exact) mass is 220 g/mol. The second-order valence-electron chi connectivity index (χ2n) is 4.34. The van der Waals surface area contributed by atoms with Crippen LogP contribution in [0.25, 0.3) is 0 Å². The number of Topliss-reactive ketones (excluding diaryl/α,β-unsaturated/α-hetero) is 1. The number of rotatable bonds is 6. The van der Waals surface area contributed by atoms with Crippen molar-refractivity contribution in [2.45, 2.75) is 52.4 Å². The Balaban J connectivity index is 2.40. The largest absolute Gasteiger partial charge is 0.286 e. The fourth-order valence-electron chi connectivity index (χ4n) is 1.90. The van der Waals surface area contributed by atoms with Gasteiger partial charge in [-0.2, -0.15) is 0 Å². The van der Waals surface area contributed by atoms with E-state index >= 15 is 0 Å². The highest BCUT2D eigenvalue weighted by Crippen LogP contribution is 2.20. The molecule has 0 saturated heterocycles. The average molecular weight is 220 g/mol. The number of allylic oxidation sites excluding steroid dienone is 4. The molecular weight excluding hydrogens is 200 g/mol. The molecule has 0 aromatic carbocycles. The van der Waals surface area contributed by atoms with E-state index in [0.29, 0.717) is 5.57 Å². The van der Waals surface area contributed by atoms with Crippen molar-refractivity contribution in [1.29, 1.82) is 0 Å². The molecule has 0 unspecified atom stereocenters. The minimum atomic E-state index is -0.382. The van der Waals surface area contributed by atoms with Crippen LogP contribution in [-0.2, 0) is 9.59 Å². The minimum absolute atomic E-state index is 0.328. The maximum Gasteiger partial charge on any atom is 0.228 e. The second kappa shape index (κ2) is 6.41. The van der Waals surface area contributed by atoms with Gasteiger partial charge < -0.3 is 0 Å². The maximum absolute atomic E-state index is 11.4. The molecule has 0 heterocycles. The van der Waals surface area contributed by atoms with Crippen LogP contribution in [0.4, 0.5) is 0 Å². The molecular formula is C14H20O2. The third-order valence-electron chi connectivity index (χ3n) is 3.03. The zero-order valence-electron chi connectivity index (χ0n) is 10.2. The Bertz CT molecular complexity index is 335. The summed E-state index contributed by atoms with van der Waals surface area (Å²) in [7, 11) is 0. The van der Waals surface area contributed by atoms with Crippen LogP contribution < -0.4 is 0 Å². The van der Waals surface area contributed by atoms with E-state index in [0.717, 1.165) is 18.4 Å². The first kappa shape index (κ1) is 12.9. The SMILES string of the molecule is CCCCCCCC1=C(C)C(=O)C(=O)C=C1. The van der Waals surface area contributed by atoms with Crippen molar-refractivity contribution in [3.63, 3.8) is 0 Å². The van der Waals surface area contributed by atoms with Gasteiger partial charge in [0.05, 0.1) is 0 Å². The Morgan fingerprint density at radius 3 is 2.38 bits per heavy atom. The highest BCUT2D eigenvalue weighted by Gasteiger charge is 2.19. The standard InChI is InChI=1S/C14H20O2/c1-3-4-5-6-7-8-12-9-10-13(15)14(16)11(12)2/h9-10H,3-8H2,1-2H3. The highest BCUT2D eigenvalue weighted by molar-refractivity contribution is 6.48. The summed E-state index contributed by atoms with van der Waals surface area (Å²) in [6.07, 6.45) is 10.2. The summed E-state index contributed by atoms with van der Waals surface area (Å²) in [6.45, 7) is 3.95. The lowest BCUT2D eigenvalue weighted by Crippen LogP contribution is -2.17. The van der Waals surface area contributed by atoms with E-state index in [-0.39, 0.29) is 11.6 Å². The van der Waals surface area contributed by atoms with E-state index in [4.69, 9.17) is 0 Å². The molecule has 0 fully saturated rings. The first-order chi connectivity index (χ1) is 7.66. The van der Waals surface area contributed by atoms with E-state index in [1.807, 2.05) is 0 Å². The Labute approximate surface area is 97.4 Å². The van der Waals surface area contributed by atoms with Gasteiger partial charge in [-0.05, 0) is 31.4 Å². The number of unbranched alkanes of at least 4 members (excludes halogenated alkanes) is 4. The molecule has 1 aliphatic carbocycles. The molecule has 88 valence electrons. The molecule has 2 nitrogen and oxygen atoms in total. The summed E-state index contributed by atoms with van der Waals surface area (Å²) in [4.78, 5) is 22.5. The van der Waals surface area contributed by atoms with Crippen LogP contribution in [0.15, 0.2) is 23.3 Å². The van der Waals surface area contributed by atoms with Crippen LogP contribution in [-0.4, -0.2) is 11.6 Å². The molecule has 1 aliphatic rings. The quantitative estimate of drug-likeness (QED) is 0.390. The Morgan fingerprint density at radius 1 is 1.00 bits per heavy atom. The second-order valence-corrected chi connectivity index (χ2v) is 4.34. The fraction of sp³-hybridized carbons (Fsp3) is 0.571. The summed E-state index contributed by atoms with van der Waals surface area (Å²) in [5.41, 5.74) is 1.68. The van der Waals surface area contributed by atoms with Crippen molar-refractivity contribution in [2.24, 2.45) is 0 Å². The lowest BCUT2D eigenvalue weighted by atomic mass is 9.93. The highest BCUT2D eigenvalue weighted by atomic mass is 16.2. The fourth-order valence-corrected chi connectivity index (χ4v) is 1.90. The molecule has 1 rings (SSSR count). The van der Waals surface area contributed by atoms with Crippen molar-refractivity contribution in [2.75, 3.05) is 0 Å². The molecule has 0 spiro atoms. The van der Waals surface area contributed by atoms with Gasteiger partial charge in [0.25, 0.3) is 0 Å². The van der Waals surface area contributed by atoms with Gasteiger partial charge in [0.1, 0.15) is 0 Å². The van der Waals surface area contributed by atoms with Gasteiger partial charge in [0, 0.05) is 5.57 Å². The van der Waals surface area contributed by atoms with Gasteiger partial charge >= 0.3 is 0 Å². The average Bonchev–Trinajstić information content (AvgIpc) is 2.28. The number of ketones is 2. The molecule has 0 amide bonds. The van der Waals surface area contributed by atoms with E-state index < -0.39 is 0 Å². The van der Waals surface area contributed by atoms with Crippen LogP contribution in [0.1, 0.15) is 52.4 Å². The molecule has 0 aromatic heterocycles. The van der Waals surface area contributed by atoms with Crippen LogP contribution in [0.2, 0.25) is 0 Å². The van der Waals surface area contributed by atoms with Crippen LogP contribution in [0, 0.1) is 0 Å². The molecule has 0 radical (unpaired) electrons. The number of hydrogen-bond acceptors (Lipinski definition) is 2. The molecule has 0 aromatic rings. The third-order valence-corrected chi connectivity index (χ3v) is 3.03. The summed E-state index contributed by atoms with van der Waals surface area (Å²) >= 11 is 0. The zero-order valence-corrected chi connectivity index (χ0v) is 10.2.